The summed E-state index contributed by atoms with van der Waals surface area (Å²) in [6.45, 7) is 4.58. The number of rotatable bonds is 5. The number of pyridine rings is 1. The van der Waals surface area contributed by atoms with Crippen molar-refractivity contribution in [3.05, 3.63) is 82.8 Å². The Labute approximate surface area is 191 Å². The van der Waals surface area contributed by atoms with Gasteiger partial charge in [-0.05, 0) is 68.2 Å². The van der Waals surface area contributed by atoms with E-state index in [2.05, 4.69) is 15.1 Å². The molecule has 168 valence electrons. The zero-order valence-corrected chi connectivity index (χ0v) is 18.9. The third-order valence-electron chi connectivity index (χ3n) is 6.02. The highest BCUT2D eigenvalue weighted by Gasteiger charge is 2.27. The molecule has 4 aromatic rings. The van der Waals surface area contributed by atoms with Gasteiger partial charge in [0.25, 0.3) is 0 Å². The van der Waals surface area contributed by atoms with Gasteiger partial charge < -0.3 is 9.30 Å². The zero-order chi connectivity index (χ0) is 22.9. The van der Waals surface area contributed by atoms with E-state index < -0.39 is 0 Å². The smallest absolute Gasteiger partial charge is 0.238 e. The summed E-state index contributed by atoms with van der Waals surface area (Å²) in [6, 6.07) is 9.12. The molecule has 0 fully saturated rings. The average molecular weight is 445 g/mol. The lowest BCUT2D eigenvalue weighted by molar-refractivity contribution is 0.395. The summed E-state index contributed by atoms with van der Waals surface area (Å²) in [5, 5.41) is 4.66. The van der Waals surface area contributed by atoms with Crippen molar-refractivity contribution in [2.24, 2.45) is 0 Å². The summed E-state index contributed by atoms with van der Waals surface area (Å²) in [6.07, 6.45) is 9.29. The van der Waals surface area contributed by atoms with Crippen LogP contribution in [-0.4, -0.2) is 36.4 Å². The summed E-state index contributed by atoms with van der Waals surface area (Å²) in [4.78, 5) is 13.6. The molecule has 4 heterocycles. The first kappa shape index (κ1) is 21.1. The maximum Gasteiger partial charge on any atom is 0.238 e. The van der Waals surface area contributed by atoms with Gasteiger partial charge in [0.05, 0.1) is 24.8 Å². The Morgan fingerprint density at radius 3 is 2.79 bits per heavy atom. The van der Waals surface area contributed by atoms with Crippen LogP contribution in [0.3, 0.4) is 0 Å². The van der Waals surface area contributed by atoms with E-state index >= 15 is 0 Å². The molecule has 1 aliphatic heterocycles. The minimum absolute atomic E-state index is 0.0419. The fourth-order valence-electron chi connectivity index (χ4n) is 4.34. The number of nitrogens with zero attached hydrogens (tertiary/aromatic N) is 6. The van der Waals surface area contributed by atoms with Crippen molar-refractivity contribution in [3.8, 4) is 11.6 Å². The molecule has 1 aliphatic rings. The Morgan fingerprint density at radius 1 is 1.12 bits per heavy atom. The summed E-state index contributed by atoms with van der Waals surface area (Å²) in [5.41, 5.74) is 4.13. The number of imidazole rings is 1. The topological polar surface area (TPSA) is 70.7 Å². The van der Waals surface area contributed by atoms with Crippen LogP contribution in [-0.2, 0) is 6.54 Å². The van der Waals surface area contributed by atoms with E-state index in [1.54, 1.807) is 19.5 Å². The molecule has 33 heavy (non-hydrogen) atoms. The Kier molecular flexibility index (Phi) is 5.50. The highest BCUT2D eigenvalue weighted by atomic mass is 19.1. The lowest BCUT2D eigenvalue weighted by atomic mass is 9.88. The number of hydrogen-bond donors (Lipinski definition) is 0. The molecule has 1 aromatic carbocycles. The Hall–Kier alpha value is -3.81. The van der Waals surface area contributed by atoms with Crippen molar-refractivity contribution in [1.82, 2.24) is 29.3 Å². The molecule has 0 aliphatic carbocycles. The minimum Gasteiger partial charge on any atom is -0.479 e. The molecular weight excluding hydrogens is 419 g/mol. The standard InChI is InChI=1S/C25H25FN6O/c1-16-14-31(15-27-16)22-11-9-18(28-25(22)33-3)10-12-23-29-24-20(7-5-13-32(24)30-23)19-6-4-8-21(26)17(19)2/h4,6,8-12,14-15,20H,5,7,13H2,1-3H3/b12-10+/t20-/m1/s1. The van der Waals surface area contributed by atoms with Gasteiger partial charge in [-0.3, -0.25) is 0 Å². The van der Waals surface area contributed by atoms with Crippen LogP contribution in [0.4, 0.5) is 4.39 Å². The van der Waals surface area contributed by atoms with Gasteiger partial charge in [0.2, 0.25) is 5.88 Å². The van der Waals surface area contributed by atoms with Crippen LogP contribution in [0.25, 0.3) is 17.8 Å². The number of ether oxygens (including phenoxy) is 1. The zero-order valence-electron chi connectivity index (χ0n) is 18.9. The van der Waals surface area contributed by atoms with Crippen LogP contribution < -0.4 is 4.74 Å². The van der Waals surface area contributed by atoms with Gasteiger partial charge in [-0.2, -0.15) is 5.10 Å². The van der Waals surface area contributed by atoms with Crippen LogP contribution in [0.1, 0.15) is 52.9 Å². The van der Waals surface area contributed by atoms with Crippen LogP contribution in [0.5, 0.6) is 5.88 Å². The van der Waals surface area contributed by atoms with Crippen LogP contribution >= 0.6 is 0 Å². The van der Waals surface area contributed by atoms with Crippen molar-refractivity contribution < 1.29 is 9.13 Å². The molecule has 0 unspecified atom stereocenters. The molecule has 0 N–H and O–H groups in total. The maximum absolute atomic E-state index is 14.1. The second kappa shape index (κ2) is 8.61. The number of benzene rings is 1. The molecular formula is C25H25FN6O. The molecule has 8 heteroatoms. The number of aryl methyl sites for hydroxylation is 2. The molecule has 0 saturated carbocycles. The molecule has 0 saturated heterocycles. The van der Waals surface area contributed by atoms with Crippen LogP contribution in [0.2, 0.25) is 0 Å². The molecule has 1 atom stereocenters. The van der Waals surface area contributed by atoms with E-state index in [0.29, 0.717) is 17.3 Å². The minimum atomic E-state index is -0.182. The first-order valence-corrected chi connectivity index (χ1v) is 11.0. The number of aromatic nitrogens is 6. The second-order valence-electron chi connectivity index (χ2n) is 8.22. The van der Waals surface area contributed by atoms with Crippen molar-refractivity contribution in [2.45, 2.75) is 39.2 Å². The number of hydrogen-bond acceptors (Lipinski definition) is 5. The quantitative estimate of drug-likeness (QED) is 0.446. The van der Waals surface area contributed by atoms with E-state index in [0.717, 1.165) is 47.8 Å². The average Bonchev–Trinajstić information content (AvgIpc) is 3.45. The highest BCUT2D eigenvalue weighted by molar-refractivity contribution is 5.65. The van der Waals surface area contributed by atoms with Crippen molar-refractivity contribution in [2.75, 3.05) is 7.11 Å². The lowest BCUT2D eigenvalue weighted by Gasteiger charge is -2.23. The van der Waals surface area contributed by atoms with Gasteiger partial charge in [0.1, 0.15) is 17.3 Å². The van der Waals surface area contributed by atoms with E-state index in [1.165, 1.54) is 6.07 Å². The van der Waals surface area contributed by atoms with Gasteiger partial charge in [-0.15, -0.1) is 0 Å². The molecule has 7 nitrogen and oxygen atoms in total. The molecule has 3 aromatic heterocycles. The molecule has 0 bridgehead atoms. The fourth-order valence-corrected chi connectivity index (χ4v) is 4.34. The Bertz CT molecular complexity index is 1340. The largest absolute Gasteiger partial charge is 0.479 e. The monoisotopic (exact) mass is 444 g/mol. The van der Waals surface area contributed by atoms with E-state index in [-0.39, 0.29) is 11.7 Å². The van der Waals surface area contributed by atoms with Crippen molar-refractivity contribution in [1.29, 1.82) is 0 Å². The maximum atomic E-state index is 14.1. The Morgan fingerprint density at radius 2 is 2.00 bits per heavy atom. The van der Waals surface area contributed by atoms with Gasteiger partial charge >= 0.3 is 0 Å². The van der Waals surface area contributed by atoms with Gasteiger partial charge in [-0.25, -0.2) is 24.0 Å². The molecule has 0 radical (unpaired) electrons. The number of methoxy groups -OCH3 is 1. The molecule has 0 amide bonds. The third kappa shape index (κ3) is 4.04. The van der Waals surface area contributed by atoms with Gasteiger partial charge in [-0.1, -0.05) is 12.1 Å². The lowest BCUT2D eigenvalue weighted by Crippen LogP contribution is -2.18. The second-order valence-corrected chi connectivity index (χ2v) is 8.22. The molecule has 5 rings (SSSR count). The number of fused-ring (bicyclic) bond motifs is 1. The first-order chi connectivity index (χ1) is 16.0. The number of halogens is 1. The fraction of sp³-hybridized carbons (Fsp3) is 0.280. The predicted octanol–water partition coefficient (Wildman–Crippen LogP) is 4.72. The van der Waals surface area contributed by atoms with Gasteiger partial charge in [0.15, 0.2) is 5.82 Å². The van der Waals surface area contributed by atoms with Crippen LogP contribution in [0, 0.1) is 19.7 Å². The normalized spacial score (nSPS) is 15.7. The van der Waals surface area contributed by atoms with Crippen molar-refractivity contribution in [3.63, 3.8) is 0 Å². The van der Waals surface area contributed by atoms with Crippen molar-refractivity contribution >= 4 is 12.2 Å². The van der Waals surface area contributed by atoms with E-state index in [1.807, 2.05) is 59.6 Å². The SMILES string of the molecule is COc1nc(/C=C/c2nc3n(n2)CCC[C@@H]3c2cccc(F)c2C)ccc1-n1cnc(C)c1. The predicted molar refractivity (Wildman–Crippen MR) is 124 cm³/mol. The highest BCUT2D eigenvalue weighted by Crippen LogP contribution is 2.34. The summed E-state index contributed by atoms with van der Waals surface area (Å²) in [5.74, 6) is 1.86. The summed E-state index contributed by atoms with van der Waals surface area (Å²) in [7, 11) is 1.60. The summed E-state index contributed by atoms with van der Waals surface area (Å²) >= 11 is 0. The third-order valence-corrected chi connectivity index (χ3v) is 6.02. The summed E-state index contributed by atoms with van der Waals surface area (Å²) < 4.78 is 23.5. The first-order valence-electron chi connectivity index (χ1n) is 11.0. The Balaban J connectivity index is 1.42. The van der Waals surface area contributed by atoms with E-state index in [9.17, 15) is 4.39 Å². The van der Waals surface area contributed by atoms with Crippen LogP contribution in [0.15, 0.2) is 42.9 Å². The molecule has 0 spiro atoms. The van der Waals surface area contributed by atoms with E-state index in [4.69, 9.17) is 9.72 Å². The van der Waals surface area contributed by atoms with Gasteiger partial charge in [0, 0.05) is 18.7 Å².